The SMILES string of the molecule is O=C(Nc1ccc(Cl)cc1)C(P(=O)(O)O)P(=O)(O)O. The summed E-state index contributed by atoms with van der Waals surface area (Å²) in [5.41, 5.74) is 0.0984. The molecule has 0 bridgehead atoms. The van der Waals surface area contributed by atoms with Gasteiger partial charge in [-0.15, -0.1) is 0 Å². The van der Waals surface area contributed by atoms with E-state index >= 15 is 0 Å². The maximum atomic E-state index is 11.6. The van der Waals surface area contributed by atoms with E-state index in [1.54, 1.807) is 0 Å². The highest BCUT2D eigenvalue weighted by molar-refractivity contribution is 7.72. The van der Waals surface area contributed by atoms with Gasteiger partial charge in [0, 0.05) is 10.7 Å². The third-order valence-corrected chi connectivity index (χ3v) is 5.78. The van der Waals surface area contributed by atoms with Gasteiger partial charge in [-0.05, 0) is 24.3 Å². The number of amides is 1. The van der Waals surface area contributed by atoms with E-state index in [-0.39, 0.29) is 5.69 Å². The van der Waals surface area contributed by atoms with E-state index in [0.29, 0.717) is 5.02 Å². The first kappa shape index (κ1) is 16.3. The van der Waals surface area contributed by atoms with Crippen LogP contribution in [0, 0.1) is 0 Å². The summed E-state index contributed by atoms with van der Waals surface area (Å²) in [6.07, 6.45) is 0. The van der Waals surface area contributed by atoms with E-state index in [1.807, 2.05) is 5.32 Å². The molecule has 0 spiro atoms. The van der Waals surface area contributed by atoms with Gasteiger partial charge in [-0.2, -0.15) is 0 Å². The Morgan fingerprint density at radius 1 is 1.05 bits per heavy atom. The van der Waals surface area contributed by atoms with Gasteiger partial charge in [-0.3, -0.25) is 13.9 Å². The number of hydrogen-bond donors (Lipinski definition) is 5. The van der Waals surface area contributed by atoms with Crippen LogP contribution < -0.4 is 5.32 Å². The molecule has 106 valence electrons. The molecule has 5 N–H and O–H groups in total. The summed E-state index contributed by atoms with van der Waals surface area (Å²) < 4.78 is 22.0. The van der Waals surface area contributed by atoms with Gasteiger partial charge in [0.2, 0.25) is 5.40 Å². The zero-order valence-corrected chi connectivity index (χ0v) is 11.7. The zero-order valence-electron chi connectivity index (χ0n) is 9.17. The molecule has 11 heteroatoms. The Hall–Kier alpha value is -0.720. The molecule has 0 aromatic heterocycles. The average molecular weight is 330 g/mol. The summed E-state index contributed by atoms with van der Waals surface area (Å²) in [4.78, 5) is 46.9. The topological polar surface area (TPSA) is 144 Å². The van der Waals surface area contributed by atoms with Crippen molar-refractivity contribution in [1.29, 1.82) is 0 Å². The van der Waals surface area contributed by atoms with Crippen LogP contribution in [-0.2, 0) is 13.9 Å². The fraction of sp³-hybridized carbons (Fsp3) is 0.125. The molecule has 0 saturated heterocycles. The molecule has 0 fully saturated rings. The van der Waals surface area contributed by atoms with Crippen LogP contribution in [0.25, 0.3) is 0 Å². The molecule has 19 heavy (non-hydrogen) atoms. The lowest BCUT2D eigenvalue weighted by atomic mass is 10.3. The summed E-state index contributed by atoms with van der Waals surface area (Å²) in [5.74, 6) is -1.47. The number of anilines is 1. The lowest BCUT2D eigenvalue weighted by Gasteiger charge is -2.18. The Labute approximate surface area is 112 Å². The van der Waals surface area contributed by atoms with Gasteiger partial charge < -0.3 is 24.9 Å². The molecule has 1 amide bonds. The van der Waals surface area contributed by atoms with Gasteiger partial charge in [0.05, 0.1) is 0 Å². The molecule has 1 aromatic rings. The van der Waals surface area contributed by atoms with Crippen molar-refractivity contribution in [2.24, 2.45) is 0 Å². The van der Waals surface area contributed by atoms with Crippen LogP contribution in [-0.4, -0.2) is 30.9 Å². The first-order valence-corrected chi connectivity index (χ1v) is 8.43. The number of hydrogen-bond acceptors (Lipinski definition) is 3. The van der Waals surface area contributed by atoms with Crippen molar-refractivity contribution < 1.29 is 33.5 Å². The second-order valence-electron chi connectivity index (χ2n) is 3.55. The third-order valence-electron chi connectivity index (χ3n) is 1.98. The molecule has 0 unspecified atom stereocenters. The molecular weight excluding hydrogens is 319 g/mol. The highest BCUT2D eigenvalue weighted by Crippen LogP contribution is 2.60. The average Bonchev–Trinajstić information content (AvgIpc) is 2.16. The smallest absolute Gasteiger partial charge is 0.325 e. The van der Waals surface area contributed by atoms with Gasteiger partial charge in [0.1, 0.15) is 0 Å². The van der Waals surface area contributed by atoms with Crippen molar-refractivity contribution in [2.45, 2.75) is 5.40 Å². The van der Waals surface area contributed by atoms with Gasteiger partial charge >= 0.3 is 15.2 Å². The van der Waals surface area contributed by atoms with Crippen LogP contribution in [0.5, 0.6) is 0 Å². The van der Waals surface area contributed by atoms with Crippen LogP contribution in [0.2, 0.25) is 5.02 Å². The second-order valence-corrected chi connectivity index (χ2v) is 7.78. The Morgan fingerprint density at radius 3 is 1.84 bits per heavy atom. The highest BCUT2D eigenvalue weighted by atomic mass is 35.5. The minimum Gasteiger partial charge on any atom is -0.325 e. The van der Waals surface area contributed by atoms with Crippen molar-refractivity contribution in [1.82, 2.24) is 0 Å². The van der Waals surface area contributed by atoms with Crippen LogP contribution in [0.4, 0.5) is 5.69 Å². The van der Waals surface area contributed by atoms with Crippen LogP contribution in [0.15, 0.2) is 24.3 Å². The molecule has 1 aromatic carbocycles. The lowest BCUT2D eigenvalue weighted by molar-refractivity contribution is -0.115. The summed E-state index contributed by atoms with van der Waals surface area (Å²) in [6, 6.07) is 5.41. The maximum Gasteiger partial charge on any atom is 0.350 e. The Balaban J connectivity index is 3.00. The third kappa shape index (κ3) is 4.71. The first-order valence-electron chi connectivity index (χ1n) is 4.68. The Kier molecular flexibility index (Phi) is 4.92. The van der Waals surface area contributed by atoms with Crippen LogP contribution in [0.3, 0.4) is 0 Å². The van der Waals surface area contributed by atoms with Gasteiger partial charge in [-0.1, -0.05) is 11.6 Å². The van der Waals surface area contributed by atoms with E-state index < -0.39 is 26.5 Å². The van der Waals surface area contributed by atoms with E-state index in [2.05, 4.69) is 0 Å². The number of carbonyl (C=O) groups excluding carboxylic acids is 1. The predicted octanol–water partition coefficient (Wildman–Crippen LogP) is 0.960. The monoisotopic (exact) mass is 329 g/mol. The summed E-state index contributed by atoms with van der Waals surface area (Å²) in [7, 11) is -10.6. The van der Waals surface area contributed by atoms with Gasteiger partial charge in [0.15, 0.2) is 0 Å². The normalized spacial score (nSPS) is 12.5. The van der Waals surface area contributed by atoms with E-state index in [4.69, 9.17) is 31.2 Å². The quantitative estimate of drug-likeness (QED) is 0.517. The summed E-state index contributed by atoms with van der Waals surface area (Å²) >= 11 is 5.59. The first-order chi connectivity index (χ1) is 8.51. The van der Waals surface area contributed by atoms with Crippen molar-refractivity contribution in [2.75, 3.05) is 5.32 Å². The fourth-order valence-electron chi connectivity index (χ4n) is 1.24. The Bertz CT molecular complexity index is 541. The maximum absolute atomic E-state index is 11.6. The standard InChI is InChI=1S/C8H10ClNO7P2/c9-5-1-3-6(4-2-5)10-7(11)8(18(12,13)14)19(15,16)17/h1-4,8H,(H,10,11)(H2,12,13,14)(H2,15,16,17). The molecule has 8 nitrogen and oxygen atoms in total. The highest BCUT2D eigenvalue weighted by Gasteiger charge is 2.49. The number of benzene rings is 1. The van der Waals surface area contributed by atoms with Crippen molar-refractivity contribution in [3.8, 4) is 0 Å². The summed E-state index contributed by atoms with van der Waals surface area (Å²) in [5, 5.41) is -0.379. The molecule has 0 aliphatic heterocycles. The van der Waals surface area contributed by atoms with Gasteiger partial charge in [0.25, 0.3) is 5.91 Å². The molecular formula is C8H10ClNO7P2. The van der Waals surface area contributed by atoms with Crippen molar-refractivity contribution in [3.63, 3.8) is 0 Å². The second kappa shape index (κ2) is 5.73. The molecule has 0 radical (unpaired) electrons. The van der Waals surface area contributed by atoms with Crippen LogP contribution >= 0.6 is 26.8 Å². The minimum atomic E-state index is -5.30. The minimum absolute atomic E-state index is 0.0984. The molecule has 0 aliphatic rings. The number of nitrogens with one attached hydrogen (secondary N) is 1. The van der Waals surface area contributed by atoms with Crippen molar-refractivity contribution >= 4 is 38.4 Å². The molecule has 0 aliphatic carbocycles. The zero-order chi connectivity index (χ0) is 14.8. The lowest BCUT2D eigenvalue weighted by Crippen LogP contribution is -2.27. The fourth-order valence-corrected chi connectivity index (χ4v) is 3.68. The Morgan fingerprint density at radius 2 is 1.47 bits per heavy atom. The van der Waals surface area contributed by atoms with Gasteiger partial charge in [-0.25, -0.2) is 0 Å². The number of halogens is 1. The van der Waals surface area contributed by atoms with E-state index in [9.17, 15) is 13.9 Å². The van der Waals surface area contributed by atoms with Crippen molar-refractivity contribution in [3.05, 3.63) is 29.3 Å². The molecule has 0 heterocycles. The van der Waals surface area contributed by atoms with E-state index in [0.717, 1.165) is 0 Å². The summed E-state index contributed by atoms with van der Waals surface area (Å²) in [6.45, 7) is 0. The number of carbonyl (C=O) groups is 1. The largest absolute Gasteiger partial charge is 0.350 e. The number of rotatable bonds is 4. The van der Waals surface area contributed by atoms with E-state index in [1.165, 1.54) is 24.3 Å². The molecule has 1 rings (SSSR count). The predicted molar refractivity (Wildman–Crippen MR) is 68.0 cm³/mol. The van der Waals surface area contributed by atoms with Crippen LogP contribution in [0.1, 0.15) is 0 Å². The molecule has 0 atom stereocenters. The molecule has 0 saturated carbocycles.